The van der Waals surface area contributed by atoms with E-state index in [1.54, 1.807) is 37.3 Å². The largest absolute Gasteiger partial charge is 0.495 e. The van der Waals surface area contributed by atoms with E-state index in [0.717, 1.165) is 0 Å². The van der Waals surface area contributed by atoms with Crippen LogP contribution in [0.2, 0.25) is 0 Å². The highest BCUT2D eigenvalue weighted by Gasteiger charge is 2.18. The Hall–Kier alpha value is -3.41. The molecule has 3 aromatic rings. The Bertz CT molecular complexity index is 1370. The van der Waals surface area contributed by atoms with Gasteiger partial charge in [-0.25, -0.2) is 22.0 Å². The van der Waals surface area contributed by atoms with Crippen LogP contribution in [-0.2, 0) is 20.0 Å². The molecule has 0 spiro atoms. The summed E-state index contributed by atoms with van der Waals surface area (Å²) in [4.78, 5) is 12.5. The lowest BCUT2D eigenvalue weighted by atomic mass is 10.1. The predicted octanol–water partition coefficient (Wildman–Crippen LogP) is 2.63. The monoisotopic (exact) mass is 489 g/mol. The quantitative estimate of drug-likeness (QED) is 0.444. The minimum Gasteiger partial charge on any atom is -0.495 e. The summed E-state index contributed by atoms with van der Waals surface area (Å²) in [5.41, 5.74) is 1.08. The molecule has 0 aliphatic rings. The molecule has 0 radical (unpaired) electrons. The lowest BCUT2D eigenvalue weighted by Gasteiger charge is -2.15. The van der Waals surface area contributed by atoms with E-state index in [4.69, 9.17) is 9.88 Å². The van der Waals surface area contributed by atoms with Crippen molar-refractivity contribution in [3.8, 4) is 5.75 Å². The molecule has 0 aromatic heterocycles. The zero-order chi connectivity index (χ0) is 24.2. The van der Waals surface area contributed by atoms with Crippen LogP contribution in [-0.4, -0.2) is 29.9 Å². The van der Waals surface area contributed by atoms with Gasteiger partial charge in [0.05, 0.1) is 28.6 Å². The Morgan fingerprint density at radius 1 is 0.909 bits per heavy atom. The maximum atomic E-state index is 12.7. The molecule has 174 valence electrons. The summed E-state index contributed by atoms with van der Waals surface area (Å²) in [6.45, 7) is 1.69. The number of nitrogens with two attached hydrogens (primary N) is 1. The molecule has 0 bridgehead atoms. The molecular weight excluding hydrogens is 466 g/mol. The number of methoxy groups -OCH3 is 1. The number of amides is 1. The highest BCUT2D eigenvalue weighted by molar-refractivity contribution is 7.92. The van der Waals surface area contributed by atoms with Crippen molar-refractivity contribution in [2.24, 2.45) is 5.14 Å². The number of primary sulfonamides is 1. The molecule has 9 nitrogen and oxygen atoms in total. The van der Waals surface area contributed by atoms with Crippen LogP contribution >= 0.6 is 0 Å². The third-order valence-electron chi connectivity index (χ3n) is 4.81. The Labute approximate surface area is 192 Å². The number of carbonyl (C=O) groups excluding carboxylic acids is 1. The van der Waals surface area contributed by atoms with Gasteiger partial charge in [-0.1, -0.05) is 24.3 Å². The van der Waals surface area contributed by atoms with Gasteiger partial charge in [-0.2, -0.15) is 0 Å². The molecular formula is C22H23N3O6S2. The number of benzene rings is 3. The van der Waals surface area contributed by atoms with E-state index >= 15 is 0 Å². The summed E-state index contributed by atoms with van der Waals surface area (Å²) in [5.74, 6) is -0.0808. The van der Waals surface area contributed by atoms with Crippen molar-refractivity contribution in [2.45, 2.75) is 22.8 Å². The van der Waals surface area contributed by atoms with E-state index < -0.39 is 32.0 Å². The van der Waals surface area contributed by atoms with E-state index in [2.05, 4.69) is 10.0 Å². The van der Waals surface area contributed by atoms with Gasteiger partial charge in [0.1, 0.15) is 5.75 Å². The average Bonchev–Trinajstić information content (AvgIpc) is 2.78. The molecule has 0 saturated carbocycles. The zero-order valence-corrected chi connectivity index (χ0v) is 19.5. The number of rotatable bonds is 8. The fourth-order valence-corrected chi connectivity index (χ4v) is 4.68. The summed E-state index contributed by atoms with van der Waals surface area (Å²) in [7, 11) is -6.34. The van der Waals surface area contributed by atoms with Crippen LogP contribution in [0.15, 0.2) is 82.6 Å². The Morgan fingerprint density at radius 3 is 2.21 bits per heavy atom. The summed E-state index contributed by atoms with van der Waals surface area (Å²) >= 11 is 0. The summed E-state index contributed by atoms with van der Waals surface area (Å²) < 4.78 is 56.1. The fourth-order valence-electron chi connectivity index (χ4n) is 3.04. The van der Waals surface area contributed by atoms with Gasteiger partial charge in [-0.3, -0.25) is 9.52 Å². The highest BCUT2D eigenvalue weighted by atomic mass is 32.2. The van der Waals surface area contributed by atoms with Crippen molar-refractivity contribution in [3.63, 3.8) is 0 Å². The number of para-hydroxylation sites is 2. The molecule has 0 aliphatic carbocycles. The lowest BCUT2D eigenvalue weighted by Crippen LogP contribution is -2.27. The number of ether oxygens (including phenoxy) is 1. The first-order chi connectivity index (χ1) is 15.5. The van der Waals surface area contributed by atoms with Crippen molar-refractivity contribution in [3.05, 3.63) is 83.9 Å². The first kappa shape index (κ1) is 24.2. The average molecular weight is 490 g/mol. The van der Waals surface area contributed by atoms with Crippen molar-refractivity contribution in [1.82, 2.24) is 5.32 Å². The predicted molar refractivity (Wildman–Crippen MR) is 124 cm³/mol. The molecule has 1 unspecified atom stereocenters. The zero-order valence-electron chi connectivity index (χ0n) is 17.8. The molecule has 1 atom stereocenters. The minimum absolute atomic E-state index is 0.0288. The molecule has 1 amide bonds. The maximum Gasteiger partial charge on any atom is 0.262 e. The van der Waals surface area contributed by atoms with E-state index in [-0.39, 0.29) is 21.0 Å². The number of nitrogens with one attached hydrogen (secondary N) is 2. The van der Waals surface area contributed by atoms with E-state index in [1.807, 2.05) is 0 Å². The molecule has 3 aromatic carbocycles. The van der Waals surface area contributed by atoms with Crippen LogP contribution in [0.25, 0.3) is 0 Å². The second-order valence-electron chi connectivity index (χ2n) is 7.14. The van der Waals surface area contributed by atoms with Gasteiger partial charge in [0.25, 0.3) is 15.9 Å². The summed E-state index contributed by atoms with van der Waals surface area (Å²) in [5, 5.41) is 7.90. The van der Waals surface area contributed by atoms with Gasteiger partial charge >= 0.3 is 0 Å². The Balaban J connectivity index is 1.74. The molecule has 4 N–H and O–H groups in total. The van der Waals surface area contributed by atoms with Crippen molar-refractivity contribution < 1.29 is 26.4 Å². The Kier molecular flexibility index (Phi) is 7.06. The first-order valence-electron chi connectivity index (χ1n) is 9.71. The standard InChI is InChI=1S/C22H23N3O6S2/c1-15(17-6-5-7-19(14-17)32(23,27)28)24-22(26)16-10-12-18(13-11-16)33(29,30)25-20-8-3-4-9-21(20)31-2/h3-15,25H,1-2H3,(H,24,26)(H2,23,27,28). The molecule has 33 heavy (non-hydrogen) atoms. The smallest absolute Gasteiger partial charge is 0.262 e. The maximum absolute atomic E-state index is 12.7. The number of carbonyl (C=O) groups is 1. The van der Waals surface area contributed by atoms with Gasteiger partial charge in [0.2, 0.25) is 10.0 Å². The van der Waals surface area contributed by atoms with Gasteiger partial charge < -0.3 is 10.1 Å². The van der Waals surface area contributed by atoms with E-state index in [1.165, 1.54) is 49.6 Å². The third-order valence-corrected chi connectivity index (χ3v) is 7.10. The highest BCUT2D eigenvalue weighted by Crippen LogP contribution is 2.26. The number of hydrogen-bond donors (Lipinski definition) is 3. The topological polar surface area (TPSA) is 145 Å². The number of sulfonamides is 2. The van der Waals surface area contributed by atoms with Crippen molar-refractivity contribution in [1.29, 1.82) is 0 Å². The SMILES string of the molecule is COc1ccccc1NS(=O)(=O)c1ccc(C(=O)NC(C)c2cccc(S(N)(=O)=O)c2)cc1. The Morgan fingerprint density at radius 2 is 1.58 bits per heavy atom. The van der Waals surface area contributed by atoms with Crippen LogP contribution in [0.4, 0.5) is 5.69 Å². The van der Waals surface area contributed by atoms with Crippen molar-refractivity contribution >= 4 is 31.6 Å². The van der Waals surface area contributed by atoms with Crippen LogP contribution in [0.1, 0.15) is 28.9 Å². The van der Waals surface area contributed by atoms with E-state index in [0.29, 0.717) is 11.3 Å². The van der Waals surface area contributed by atoms with Crippen LogP contribution < -0.4 is 19.9 Å². The van der Waals surface area contributed by atoms with Gasteiger partial charge in [0, 0.05) is 5.56 Å². The van der Waals surface area contributed by atoms with Crippen LogP contribution in [0.5, 0.6) is 5.75 Å². The summed E-state index contributed by atoms with van der Waals surface area (Å²) in [6, 6.07) is 17.4. The number of anilines is 1. The molecule has 11 heteroatoms. The lowest BCUT2D eigenvalue weighted by molar-refractivity contribution is 0.0939. The second kappa shape index (κ2) is 9.61. The molecule has 0 saturated heterocycles. The fraction of sp³-hybridized carbons (Fsp3) is 0.136. The molecule has 0 aliphatic heterocycles. The molecule has 0 heterocycles. The normalized spacial score (nSPS) is 12.6. The van der Waals surface area contributed by atoms with Gasteiger partial charge in [-0.05, 0) is 61.0 Å². The van der Waals surface area contributed by atoms with Crippen molar-refractivity contribution in [2.75, 3.05) is 11.8 Å². The summed E-state index contributed by atoms with van der Waals surface area (Å²) in [6.07, 6.45) is 0. The first-order valence-corrected chi connectivity index (χ1v) is 12.7. The second-order valence-corrected chi connectivity index (χ2v) is 10.4. The van der Waals surface area contributed by atoms with Crippen LogP contribution in [0, 0.1) is 0 Å². The number of hydrogen-bond acceptors (Lipinski definition) is 6. The minimum atomic E-state index is -3.90. The third kappa shape index (κ3) is 5.89. The van der Waals surface area contributed by atoms with Crippen LogP contribution in [0.3, 0.4) is 0 Å². The van der Waals surface area contributed by atoms with Gasteiger partial charge in [-0.15, -0.1) is 0 Å². The molecule has 0 fully saturated rings. The van der Waals surface area contributed by atoms with Gasteiger partial charge in [0.15, 0.2) is 0 Å². The van der Waals surface area contributed by atoms with E-state index in [9.17, 15) is 21.6 Å². The molecule has 3 rings (SSSR count).